The molecule has 1 aliphatic carbocycles. The minimum Gasteiger partial charge on any atom is -0.381 e. The van der Waals surface area contributed by atoms with Gasteiger partial charge in [-0.15, -0.1) is 0 Å². The molecule has 0 spiro atoms. The van der Waals surface area contributed by atoms with Gasteiger partial charge in [-0.3, -0.25) is 0 Å². The summed E-state index contributed by atoms with van der Waals surface area (Å²) in [6.07, 6.45) is 11.3. The number of pyridine rings is 1. The van der Waals surface area contributed by atoms with Crippen LogP contribution < -0.4 is 10.2 Å². The van der Waals surface area contributed by atoms with E-state index in [-0.39, 0.29) is 0 Å². The summed E-state index contributed by atoms with van der Waals surface area (Å²) in [6.45, 7) is 2.29. The lowest BCUT2D eigenvalue weighted by Gasteiger charge is -2.29. The third-order valence-electron chi connectivity index (χ3n) is 5.14. The Hall–Kier alpha value is -1.77. The van der Waals surface area contributed by atoms with Gasteiger partial charge in [0.15, 0.2) is 0 Å². The van der Waals surface area contributed by atoms with Crippen molar-refractivity contribution < 1.29 is 0 Å². The van der Waals surface area contributed by atoms with Gasteiger partial charge in [-0.05, 0) is 32.1 Å². The van der Waals surface area contributed by atoms with Crippen LogP contribution in [0.25, 0.3) is 10.8 Å². The molecule has 1 aromatic heterocycles. The predicted octanol–water partition coefficient (Wildman–Crippen LogP) is 4.58. The molecule has 0 atom stereocenters. The molecule has 3 heteroatoms. The Morgan fingerprint density at radius 2 is 1.64 bits per heavy atom. The molecule has 0 bridgehead atoms. The highest BCUT2D eigenvalue weighted by Gasteiger charge is 2.19. The SMILES string of the molecule is c1ccc2c(N3CCCCC3)ncc(NC3CCCC3)c2c1. The van der Waals surface area contributed by atoms with Gasteiger partial charge in [0, 0.05) is 29.9 Å². The zero-order valence-corrected chi connectivity index (χ0v) is 13.2. The van der Waals surface area contributed by atoms with Gasteiger partial charge >= 0.3 is 0 Å². The molecule has 2 aliphatic rings. The Morgan fingerprint density at radius 1 is 0.909 bits per heavy atom. The smallest absolute Gasteiger partial charge is 0.136 e. The monoisotopic (exact) mass is 295 g/mol. The van der Waals surface area contributed by atoms with Gasteiger partial charge < -0.3 is 10.2 Å². The molecular weight excluding hydrogens is 270 g/mol. The van der Waals surface area contributed by atoms with Crippen LogP contribution >= 0.6 is 0 Å². The second kappa shape index (κ2) is 6.15. The second-order valence-corrected chi connectivity index (χ2v) is 6.71. The van der Waals surface area contributed by atoms with Gasteiger partial charge in [-0.2, -0.15) is 0 Å². The van der Waals surface area contributed by atoms with Crippen molar-refractivity contribution in [2.45, 2.75) is 51.0 Å². The van der Waals surface area contributed by atoms with Crippen LogP contribution in [0.2, 0.25) is 0 Å². The summed E-state index contributed by atoms with van der Waals surface area (Å²) in [6, 6.07) is 9.37. The Bertz CT molecular complexity index is 640. The molecule has 2 aromatic rings. The quantitative estimate of drug-likeness (QED) is 0.898. The maximum atomic E-state index is 4.84. The maximum absolute atomic E-state index is 4.84. The van der Waals surface area contributed by atoms with Crippen LogP contribution in [0.1, 0.15) is 44.9 Å². The number of hydrogen-bond donors (Lipinski definition) is 1. The van der Waals surface area contributed by atoms with E-state index in [2.05, 4.69) is 40.7 Å². The molecule has 4 rings (SSSR count). The number of anilines is 2. The fourth-order valence-corrected chi connectivity index (χ4v) is 3.94. The summed E-state index contributed by atoms with van der Waals surface area (Å²) in [5.74, 6) is 1.17. The van der Waals surface area contributed by atoms with E-state index in [1.807, 2.05) is 0 Å². The fourth-order valence-electron chi connectivity index (χ4n) is 3.94. The summed E-state index contributed by atoms with van der Waals surface area (Å²) in [4.78, 5) is 7.30. The molecule has 116 valence electrons. The van der Waals surface area contributed by atoms with E-state index in [0.717, 1.165) is 13.1 Å². The largest absolute Gasteiger partial charge is 0.381 e. The molecule has 1 N–H and O–H groups in total. The molecule has 2 fully saturated rings. The van der Waals surface area contributed by atoms with Crippen molar-refractivity contribution in [2.24, 2.45) is 0 Å². The lowest BCUT2D eigenvalue weighted by molar-refractivity contribution is 0.575. The van der Waals surface area contributed by atoms with Crippen LogP contribution in [0.3, 0.4) is 0 Å². The Labute approximate surface area is 132 Å². The average Bonchev–Trinajstić information content (AvgIpc) is 3.09. The Balaban J connectivity index is 1.70. The van der Waals surface area contributed by atoms with Gasteiger partial charge in [0.1, 0.15) is 5.82 Å². The van der Waals surface area contributed by atoms with Crippen molar-refractivity contribution in [3.63, 3.8) is 0 Å². The van der Waals surface area contributed by atoms with Crippen molar-refractivity contribution in [1.29, 1.82) is 0 Å². The maximum Gasteiger partial charge on any atom is 0.136 e. The highest BCUT2D eigenvalue weighted by Crippen LogP contribution is 2.33. The van der Waals surface area contributed by atoms with E-state index in [1.165, 1.54) is 67.2 Å². The molecule has 1 aliphatic heterocycles. The Morgan fingerprint density at radius 3 is 2.41 bits per heavy atom. The standard InChI is InChI=1S/C19H25N3/c1-6-12-22(13-7-1)19-17-11-5-4-10-16(17)18(14-20-19)21-15-8-2-3-9-15/h4-5,10-11,14-15,21H,1-3,6-9,12-13H2. The van der Waals surface area contributed by atoms with E-state index >= 15 is 0 Å². The Kier molecular flexibility index (Phi) is 3.88. The van der Waals surface area contributed by atoms with E-state index in [0.29, 0.717) is 6.04 Å². The van der Waals surface area contributed by atoms with Crippen LogP contribution in [0.5, 0.6) is 0 Å². The van der Waals surface area contributed by atoms with Crippen molar-refractivity contribution >= 4 is 22.3 Å². The number of fused-ring (bicyclic) bond motifs is 1. The number of nitrogens with one attached hydrogen (secondary N) is 1. The zero-order valence-electron chi connectivity index (χ0n) is 13.2. The molecular formula is C19H25N3. The molecule has 0 unspecified atom stereocenters. The van der Waals surface area contributed by atoms with Crippen LogP contribution in [0.15, 0.2) is 30.5 Å². The van der Waals surface area contributed by atoms with Crippen LogP contribution in [-0.4, -0.2) is 24.1 Å². The van der Waals surface area contributed by atoms with E-state index < -0.39 is 0 Å². The minimum atomic E-state index is 0.631. The fraction of sp³-hybridized carbons (Fsp3) is 0.526. The first-order chi connectivity index (χ1) is 10.9. The summed E-state index contributed by atoms with van der Waals surface area (Å²) in [5.41, 5.74) is 1.21. The minimum absolute atomic E-state index is 0.631. The van der Waals surface area contributed by atoms with E-state index in [9.17, 15) is 0 Å². The van der Waals surface area contributed by atoms with Gasteiger partial charge in [0.05, 0.1) is 11.9 Å². The van der Waals surface area contributed by atoms with Crippen molar-refractivity contribution in [2.75, 3.05) is 23.3 Å². The second-order valence-electron chi connectivity index (χ2n) is 6.71. The lowest BCUT2D eigenvalue weighted by Crippen LogP contribution is -2.30. The molecule has 2 heterocycles. The van der Waals surface area contributed by atoms with E-state index in [4.69, 9.17) is 4.98 Å². The molecule has 1 saturated heterocycles. The van der Waals surface area contributed by atoms with Gasteiger partial charge in [-0.25, -0.2) is 4.98 Å². The third-order valence-corrected chi connectivity index (χ3v) is 5.14. The first-order valence-corrected chi connectivity index (χ1v) is 8.81. The third kappa shape index (κ3) is 2.65. The first-order valence-electron chi connectivity index (χ1n) is 8.81. The summed E-state index contributed by atoms with van der Waals surface area (Å²) < 4.78 is 0. The number of benzene rings is 1. The number of aromatic nitrogens is 1. The predicted molar refractivity (Wildman–Crippen MR) is 93.7 cm³/mol. The molecule has 22 heavy (non-hydrogen) atoms. The molecule has 1 saturated carbocycles. The van der Waals surface area contributed by atoms with Crippen molar-refractivity contribution in [3.8, 4) is 0 Å². The van der Waals surface area contributed by atoms with Crippen molar-refractivity contribution in [3.05, 3.63) is 30.5 Å². The molecule has 0 radical (unpaired) electrons. The molecule has 1 aromatic carbocycles. The zero-order chi connectivity index (χ0) is 14.8. The van der Waals surface area contributed by atoms with Crippen LogP contribution in [0.4, 0.5) is 11.5 Å². The van der Waals surface area contributed by atoms with Gasteiger partial charge in [0.25, 0.3) is 0 Å². The number of hydrogen-bond acceptors (Lipinski definition) is 3. The molecule has 0 amide bonds. The average molecular weight is 295 g/mol. The number of piperidine rings is 1. The first kappa shape index (κ1) is 13.9. The summed E-state index contributed by atoms with van der Waals surface area (Å²) >= 11 is 0. The van der Waals surface area contributed by atoms with Crippen LogP contribution in [0, 0.1) is 0 Å². The summed E-state index contributed by atoms with van der Waals surface area (Å²) in [7, 11) is 0. The number of nitrogens with zero attached hydrogens (tertiary/aromatic N) is 2. The highest BCUT2D eigenvalue weighted by atomic mass is 15.2. The normalized spacial score (nSPS) is 19.7. The summed E-state index contributed by atoms with van der Waals surface area (Å²) in [5, 5.41) is 6.36. The topological polar surface area (TPSA) is 28.2 Å². The van der Waals surface area contributed by atoms with E-state index in [1.54, 1.807) is 0 Å². The van der Waals surface area contributed by atoms with Crippen LogP contribution in [-0.2, 0) is 0 Å². The lowest BCUT2D eigenvalue weighted by atomic mass is 10.1. The van der Waals surface area contributed by atoms with Crippen molar-refractivity contribution in [1.82, 2.24) is 4.98 Å². The molecule has 3 nitrogen and oxygen atoms in total. The highest BCUT2D eigenvalue weighted by molar-refractivity contribution is 6.00. The van der Waals surface area contributed by atoms with Gasteiger partial charge in [-0.1, -0.05) is 37.1 Å². The van der Waals surface area contributed by atoms with Gasteiger partial charge in [0.2, 0.25) is 0 Å². The number of rotatable bonds is 3.